The summed E-state index contributed by atoms with van der Waals surface area (Å²) in [7, 11) is 0. The topological polar surface area (TPSA) is 69.9 Å². The molecule has 0 aliphatic heterocycles. The maximum atomic E-state index is 12.5. The number of carbonyl (C=O) groups excluding carboxylic acids is 2. The molecule has 0 saturated heterocycles. The lowest BCUT2D eigenvalue weighted by molar-refractivity contribution is -0.151. The molecule has 2 aromatic heterocycles. The molecule has 0 amide bonds. The molecule has 0 fully saturated rings. The van der Waals surface area contributed by atoms with E-state index in [0.717, 1.165) is 27.8 Å². The van der Waals surface area contributed by atoms with Crippen molar-refractivity contribution in [3.8, 4) is 17.0 Å². The van der Waals surface area contributed by atoms with Crippen LogP contribution in [0.4, 0.5) is 0 Å². The monoisotopic (exact) mass is 420 g/mol. The number of para-hydroxylation sites is 1. The fourth-order valence-corrected chi connectivity index (χ4v) is 4.08. The Labute approximate surface area is 177 Å². The van der Waals surface area contributed by atoms with E-state index in [0.29, 0.717) is 5.75 Å². The first kappa shape index (κ1) is 20.0. The second kappa shape index (κ2) is 7.88. The molecule has 2 aromatic carbocycles. The van der Waals surface area contributed by atoms with Crippen LogP contribution in [0.5, 0.6) is 5.75 Å². The summed E-state index contributed by atoms with van der Waals surface area (Å²) >= 11 is 1.62. The summed E-state index contributed by atoms with van der Waals surface area (Å²) in [6, 6.07) is 15.2. The Hall–Kier alpha value is -3.25. The lowest BCUT2D eigenvalue weighted by Gasteiger charge is -2.23. The van der Waals surface area contributed by atoms with E-state index in [-0.39, 0.29) is 0 Å². The van der Waals surface area contributed by atoms with Crippen LogP contribution < -0.4 is 4.74 Å². The van der Waals surface area contributed by atoms with Crippen LogP contribution in [0, 0.1) is 0 Å². The van der Waals surface area contributed by atoms with E-state index < -0.39 is 17.7 Å². The van der Waals surface area contributed by atoms with Crippen LogP contribution in [0.2, 0.25) is 0 Å². The molecule has 152 valence electrons. The van der Waals surface area contributed by atoms with Crippen LogP contribution in [-0.4, -0.2) is 33.0 Å². The second-order valence-electron chi connectivity index (χ2n) is 7.73. The van der Waals surface area contributed by atoms with Crippen molar-refractivity contribution in [2.75, 3.05) is 0 Å². The standard InChI is InChI=1S/C23H20N2O4S/c1-23(2,3)29-19(11-12-26)21(27)28-16-8-6-7-15(13-16)17-14-25-18-9-4-5-10-20(18)30-22(25)24-17/h4-11,13-14,19H,1-3H3. The molecule has 2 heterocycles. The van der Waals surface area contributed by atoms with Crippen molar-refractivity contribution in [3.05, 3.63) is 60.8 Å². The zero-order valence-corrected chi connectivity index (χ0v) is 17.6. The van der Waals surface area contributed by atoms with E-state index in [1.165, 1.54) is 4.70 Å². The Morgan fingerprint density at radius 2 is 2.00 bits per heavy atom. The van der Waals surface area contributed by atoms with Gasteiger partial charge in [0.15, 0.2) is 11.1 Å². The van der Waals surface area contributed by atoms with Crippen molar-refractivity contribution >= 4 is 38.4 Å². The summed E-state index contributed by atoms with van der Waals surface area (Å²) in [4.78, 5) is 28.9. The highest BCUT2D eigenvalue weighted by Crippen LogP contribution is 2.30. The average Bonchev–Trinajstić information content (AvgIpc) is 3.25. The minimum Gasteiger partial charge on any atom is -0.424 e. The number of imidazole rings is 1. The molecule has 0 spiro atoms. The van der Waals surface area contributed by atoms with Gasteiger partial charge in [0, 0.05) is 17.8 Å². The van der Waals surface area contributed by atoms with Gasteiger partial charge < -0.3 is 9.47 Å². The van der Waals surface area contributed by atoms with Gasteiger partial charge in [-0.25, -0.2) is 14.6 Å². The van der Waals surface area contributed by atoms with Gasteiger partial charge in [-0.15, -0.1) is 0 Å². The maximum Gasteiger partial charge on any atom is 0.345 e. The molecule has 1 atom stereocenters. The molecule has 1 unspecified atom stereocenters. The summed E-state index contributed by atoms with van der Waals surface area (Å²) in [6.07, 6.45) is 1.86. The van der Waals surface area contributed by atoms with E-state index in [1.807, 2.05) is 24.4 Å². The minimum absolute atomic E-state index is 0.348. The Bertz CT molecular complexity index is 1280. The molecule has 30 heavy (non-hydrogen) atoms. The van der Waals surface area contributed by atoms with Gasteiger partial charge in [-0.05, 0) is 45.0 Å². The van der Waals surface area contributed by atoms with Crippen LogP contribution in [0.3, 0.4) is 0 Å². The molecule has 0 aliphatic carbocycles. The van der Waals surface area contributed by atoms with Crippen LogP contribution in [-0.2, 0) is 14.3 Å². The van der Waals surface area contributed by atoms with Gasteiger partial charge in [-0.3, -0.25) is 4.40 Å². The molecule has 6 nitrogen and oxygen atoms in total. The largest absolute Gasteiger partial charge is 0.424 e. The lowest BCUT2D eigenvalue weighted by Crippen LogP contribution is -2.34. The van der Waals surface area contributed by atoms with Crippen molar-refractivity contribution in [2.45, 2.75) is 32.5 Å². The SMILES string of the molecule is CC(C)(C)OC(C=C=O)C(=O)Oc1cccc(-c2cn3c(n2)sc2ccccc23)c1. The van der Waals surface area contributed by atoms with E-state index >= 15 is 0 Å². The zero-order chi connectivity index (χ0) is 21.3. The summed E-state index contributed by atoms with van der Waals surface area (Å²) in [6.45, 7) is 5.38. The number of hydrogen-bond acceptors (Lipinski definition) is 6. The van der Waals surface area contributed by atoms with Crippen molar-refractivity contribution in [2.24, 2.45) is 0 Å². The quantitative estimate of drug-likeness (QED) is 0.266. The van der Waals surface area contributed by atoms with Gasteiger partial charge in [0.2, 0.25) is 0 Å². The number of ether oxygens (including phenoxy) is 2. The summed E-state index contributed by atoms with van der Waals surface area (Å²) in [5.74, 6) is 1.28. The van der Waals surface area contributed by atoms with Crippen molar-refractivity contribution in [1.29, 1.82) is 0 Å². The minimum atomic E-state index is -1.13. The van der Waals surface area contributed by atoms with Gasteiger partial charge in [0.1, 0.15) is 11.7 Å². The van der Waals surface area contributed by atoms with Crippen LogP contribution in [0.1, 0.15) is 20.8 Å². The van der Waals surface area contributed by atoms with Gasteiger partial charge in [-0.1, -0.05) is 35.6 Å². The molecule has 0 aliphatic rings. The Kier molecular flexibility index (Phi) is 5.26. The summed E-state index contributed by atoms with van der Waals surface area (Å²) in [5, 5.41) is 0. The van der Waals surface area contributed by atoms with Crippen molar-refractivity contribution in [3.63, 3.8) is 0 Å². The van der Waals surface area contributed by atoms with E-state index in [2.05, 4.69) is 16.5 Å². The van der Waals surface area contributed by atoms with Crippen molar-refractivity contribution < 1.29 is 19.1 Å². The van der Waals surface area contributed by atoms with Crippen LogP contribution in [0.15, 0.2) is 60.8 Å². The average molecular weight is 420 g/mol. The first-order valence-corrected chi connectivity index (χ1v) is 10.2. The third-order valence-corrected chi connectivity index (χ3v) is 5.32. The lowest BCUT2D eigenvalue weighted by atomic mass is 10.1. The number of fused-ring (bicyclic) bond motifs is 3. The van der Waals surface area contributed by atoms with Crippen molar-refractivity contribution in [1.82, 2.24) is 9.38 Å². The summed E-state index contributed by atoms with van der Waals surface area (Å²) < 4.78 is 14.3. The molecule has 0 saturated carbocycles. The van der Waals surface area contributed by atoms with Gasteiger partial charge in [0.25, 0.3) is 0 Å². The number of benzene rings is 2. The first-order valence-electron chi connectivity index (χ1n) is 9.42. The van der Waals surface area contributed by atoms with E-state index in [9.17, 15) is 9.59 Å². The number of rotatable bonds is 5. The number of thiazole rings is 1. The number of carbonyl (C=O) groups is 1. The Morgan fingerprint density at radius 1 is 1.20 bits per heavy atom. The highest BCUT2D eigenvalue weighted by molar-refractivity contribution is 7.23. The normalized spacial score (nSPS) is 12.6. The van der Waals surface area contributed by atoms with Crippen LogP contribution in [0.25, 0.3) is 26.4 Å². The molecular weight excluding hydrogens is 400 g/mol. The fourth-order valence-electron chi connectivity index (χ4n) is 3.07. The van der Waals surface area contributed by atoms with Gasteiger partial charge in [0.05, 0.1) is 21.5 Å². The van der Waals surface area contributed by atoms with Gasteiger partial charge in [-0.2, -0.15) is 0 Å². The van der Waals surface area contributed by atoms with Gasteiger partial charge >= 0.3 is 5.97 Å². The highest BCUT2D eigenvalue weighted by Gasteiger charge is 2.25. The third kappa shape index (κ3) is 4.19. The maximum absolute atomic E-state index is 12.5. The second-order valence-corrected chi connectivity index (χ2v) is 8.74. The molecule has 4 rings (SSSR count). The first-order chi connectivity index (χ1) is 14.3. The molecule has 0 N–H and O–H groups in total. The Morgan fingerprint density at radius 3 is 2.77 bits per heavy atom. The number of nitrogens with zero attached hydrogens (tertiary/aromatic N) is 2. The molecular formula is C23H20N2O4S. The Balaban J connectivity index is 1.60. The molecule has 0 radical (unpaired) electrons. The predicted octanol–water partition coefficient (Wildman–Crippen LogP) is 4.69. The summed E-state index contributed by atoms with van der Waals surface area (Å²) in [5.41, 5.74) is 2.07. The number of hydrogen-bond donors (Lipinski definition) is 0. The zero-order valence-electron chi connectivity index (χ0n) is 16.8. The highest BCUT2D eigenvalue weighted by atomic mass is 32.1. The predicted molar refractivity (Wildman–Crippen MR) is 117 cm³/mol. The van der Waals surface area contributed by atoms with Crippen LogP contribution >= 0.6 is 11.3 Å². The van der Waals surface area contributed by atoms with E-state index in [4.69, 9.17) is 14.5 Å². The fraction of sp³-hybridized carbons (Fsp3) is 0.217. The molecule has 0 bridgehead atoms. The van der Waals surface area contributed by atoms with E-state index in [1.54, 1.807) is 56.2 Å². The molecule has 4 aromatic rings. The molecule has 7 heteroatoms. The number of aromatic nitrogens is 2. The third-order valence-electron chi connectivity index (χ3n) is 4.28. The number of esters is 1. The smallest absolute Gasteiger partial charge is 0.345 e.